The number of benzene rings is 1. The summed E-state index contributed by atoms with van der Waals surface area (Å²) in [6.45, 7) is 5.76. The van der Waals surface area contributed by atoms with Crippen LogP contribution in [0.3, 0.4) is 0 Å². The van der Waals surface area contributed by atoms with Crippen molar-refractivity contribution < 1.29 is 24.5 Å². The van der Waals surface area contributed by atoms with E-state index in [2.05, 4.69) is 18.7 Å². The molecule has 0 aromatic heterocycles. The van der Waals surface area contributed by atoms with Crippen LogP contribution in [0.4, 0.5) is 5.69 Å². The number of hydrogen-bond acceptors (Lipinski definition) is 6. The number of carbonyl (C=O) groups is 1. The molecule has 6 heteroatoms. The highest BCUT2D eigenvalue weighted by Crippen LogP contribution is 2.24. The van der Waals surface area contributed by atoms with Crippen molar-refractivity contribution in [1.82, 2.24) is 0 Å². The number of ether oxygens (including phenoxy) is 2. The van der Waals surface area contributed by atoms with Gasteiger partial charge in [0.05, 0.1) is 0 Å². The van der Waals surface area contributed by atoms with Gasteiger partial charge in [-0.05, 0) is 31.5 Å². The van der Waals surface area contributed by atoms with E-state index in [9.17, 15) is 15.0 Å². The molecule has 1 fully saturated rings. The van der Waals surface area contributed by atoms with Gasteiger partial charge in [0.1, 0.15) is 25.4 Å². The highest BCUT2D eigenvalue weighted by Gasteiger charge is 2.32. The number of hydrogen-bond donors (Lipinski definition) is 2. The van der Waals surface area contributed by atoms with E-state index in [1.807, 2.05) is 12.1 Å². The Morgan fingerprint density at radius 1 is 1.14 bits per heavy atom. The number of nitrogens with zero attached hydrogens (tertiary/aromatic N) is 1. The van der Waals surface area contributed by atoms with Crippen LogP contribution in [0, 0.1) is 0 Å². The van der Waals surface area contributed by atoms with Crippen molar-refractivity contribution in [1.29, 1.82) is 0 Å². The van der Waals surface area contributed by atoms with Crippen LogP contribution in [0.25, 0.3) is 0 Å². The molecule has 6 nitrogen and oxygen atoms in total. The fraction of sp³-hybridized carbons (Fsp3) is 0.562. The molecular weight excluding hydrogens is 286 g/mol. The lowest BCUT2D eigenvalue weighted by molar-refractivity contribution is -0.233. The van der Waals surface area contributed by atoms with E-state index in [0.717, 1.165) is 18.8 Å². The molecule has 0 aliphatic carbocycles. The van der Waals surface area contributed by atoms with Gasteiger partial charge in [0.2, 0.25) is 0 Å². The first-order valence-corrected chi connectivity index (χ1v) is 7.52. The third kappa shape index (κ3) is 3.84. The molecule has 1 aromatic rings. The Kier molecular flexibility index (Phi) is 5.90. The van der Waals surface area contributed by atoms with Crippen LogP contribution in [0.5, 0.6) is 0 Å². The monoisotopic (exact) mass is 309 g/mol. The summed E-state index contributed by atoms with van der Waals surface area (Å²) in [6, 6.07) is 7.36. The summed E-state index contributed by atoms with van der Waals surface area (Å²) in [5.41, 5.74) is 1.64. The SMILES string of the molecule is CCN(CC)c1ccc([C@H](O)[C@H](O)C2OCC(=O)CO2)cc1. The Bertz CT molecular complexity index is 476. The molecular formula is C16H23NO5. The van der Waals surface area contributed by atoms with Gasteiger partial charge in [-0.1, -0.05) is 12.1 Å². The molecule has 2 N–H and O–H groups in total. The molecule has 0 spiro atoms. The number of aliphatic hydroxyl groups is 2. The van der Waals surface area contributed by atoms with Gasteiger partial charge in [-0.3, -0.25) is 4.79 Å². The number of anilines is 1. The Morgan fingerprint density at radius 3 is 2.18 bits per heavy atom. The van der Waals surface area contributed by atoms with E-state index < -0.39 is 18.5 Å². The summed E-state index contributed by atoms with van der Waals surface area (Å²) in [5, 5.41) is 20.4. The fourth-order valence-electron chi connectivity index (χ4n) is 2.45. The van der Waals surface area contributed by atoms with Gasteiger partial charge in [-0.25, -0.2) is 0 Å². The minimum absolute atomic E-state index is 0.102. The maximum absolute atomic E-state index is 11.0. The molecule has 1 heterocycles. The topological polar surface area (TPSA) is 79.2 Å². The number of aliphatic hydroxyl groups excluding tert-OH is 2. The van der Waals surface area contributed by atoms with Crippen molar-refractivity contribution in [3.63, 3.8) is 0 Å². The molecule has 1 aliphatic rings. The largest absolute Gasteiger partial charge is 0.385 e. The van der Waals surface area contributed by atoms with Crippen molar-refractivity contribution in [2.24, 2.45) is 0 Å². The summed E-state index contributed by atoms with van der Waals surface area (Å²) in [4.78, 5) is 13.2. The highest BCUT2D eigenvalue weighted by atomic mass is 16.7. The van der Waals surface area contributed by atoms with Gasteiger partial charge >= 0.3 is 0 Å². The number of Topliss-reactive ketones (excluding diaryl/α,β-unsaturated/α-hetero) is 1. The average molecular weight is 309 g/mol. The molecule has 22 heavy (non-hydrogen) atoms. The summed E-state index contributed by atoms with van der Waals surface area (Å²) < 4.78 is 10.2. The normalized spacial score (nSPS) is 19.0. The summed E-state index contributed by atoms with van der Waals surface area (Å²) >= 11 is 0. The van der Waals surface area contributed by atoms with Crippen molar-refractivity contribution in [2.75, 3.05) is 31.2 Å². The molecule has 0 bridgehead atoms. The molecule has 122 valence electrons. The van der Waals surface area contributed by atoms with E-state index in [1.165, 1.54) is 0 Å². The molecule has 0 amide bonds. The van der Waals surface area contributed by atoms with Crippen LogP contribution in [0.15, 0.2) is 24.3 Å². The lowest BCUT2D eigenvalue weighted by Crippen LogP contribution is -2.42. The zero-order chi connectivity index (χ0) is 16.1. The zero-order valence-corrected chi connectivity index (χ0v) is 12.9. The zero-order valence-electron chi connectivity index (χ0n) is 12.9. The van der Waals surface area contributed by atoms with Gasteiger partial charge in [-0.15, -0.1) is 0 Å². The van der Waals surface area contributed by atoms with Gasteiger partial charge in [0.15, 0.2) is 12.1 Å². The summed E-state index contributed by atoms with van der Waals surface area (Å²) in [5.74, 6) is -0.179. The standard InChI is InChI=1S/C16H23NO5/c1-3-17(4-2)12-7-5-11(6-8-12)14(19)15(20)16-21-9-13(18)10-22-16/h5-8,14-16,19-20H,3-4,9-10H2,1-2H3/t14-,15-/m0/s1. The van der Waals surface area contributed by atoms with E-state index in [4.69, 9.17) is 9.47 Å². The highest BCUT2D eigenvalue weighted by molar-refractivity contribution is 5.81. The Morgan fingerprint density at radius 2 is 1.68 bits per heavy atom. The van der Waals surface area contributed by atoms with Crippen LogP contribution in [0.2, 0.25) is 0 Å². The molecule has 1 aliphatic heterocycles. The molecule has 2 atom stereocenters. The smallest absolute Gasteiger partial charge is 0.187 e. The molecule has 2 rings (SSSR count). The van der Waals surface area contributed by atoms with Gasteiger partial charge in [0.25, 0.3) is 0 Å². The van der Waals surface area contributed by atoms with E-state index in [-0.39, 0.29) is 19.0 Å². The number of ketones is 1. The number of carbonyl (C=O) groups excluding carboxylic acids is 1. The van der Waals surface area contributed by atoms with Crippen molar-refractivity contribution in [2.45, 2.75) is 32.3 Å². The summed E-state index contributed by atoms with van der Waals surface area (Å²) in [7, 11) is 0. The van der Waals surface area contributed by atoms with Gasteiger partial charge in [0, 0.05) is 18.8 Å². The van der Waals surface area contributed by atoms with Crippen LogP contribution in [-0.2, 0) is 14.3 Å². The fourth-order valence-corrected chi connectivity index (χ4v) is 2.45. The first-order valence-electron chi connectivity index (χ1n) is 7.52. The van der Waals surface area contributed by atoms with E-state index in [1.54, 1.807) is 12.1 Å². The van der Waals surface area contributed by atoms with Crippen LogP contribution >= 0.6 is 0 Å². The Hall–Kier alpha value is -1.47. The Labute approximate surface area is 130 Å². The first kappa shape index (κ1) is 16.9. The average Bonchev–Trinajstić information content (AvgIpc) is 2.56. The second-order valence-electron chi connectivity index (χ2n) is 5.23. The second kappa shape index (κ2) is 7.69. The van der Waals surface area contributed by atoms with Crippen molar-refractivity contribution in [3.8, 4) is 0 Å². The van der Waals surface area contributed by atoms with Crippen molar-refractivity contribution >= 4 is 11.5 Å². The van der Waals surface area contributed by atoms with Crippen LogP contribution in [0.1, 0.15) is 25.5 Å². The molecule has 0 saturated carbocycles. The minimum Gasteiger partial charge on any atom is -0.385 e. The quantitative estimate of drug-likeness (QED) is 0.812. The Balaban J connectivity index is 2.02. The molecule has 1 saturated heterocycles. The van der Waals surface area contributed by atoms with Crippen molar-refractivity contribution in [3.05, 3.63) is 29.8 Å². The molecule has 0 radical (unpaired) electrons. The maximum atomic E-state index is 11.0. The van der Waals surface area contributed by atoms with Gasteiger partial charge in [-0.2, -0.15) is 0 Å². The summed E-state index contributed by atoms with van der Waals surface area (Å²) in [6.07, 6.45) is -3.37. The first-order chi connectivity index (χ1) is 10.6. The lowest BCUT2D eigenvalue weighted by atomic mass is 10.0. The van der Waals surface area contributed by atoms with E-state index >= 15 is 0 Å². The third-order valence-electron chi connectivity index (χ3n) is 3.78. The van der Waals surface area contributed by atoms with Crippen LogP contribution in [-0.4, -0.2) is 54.7 Å². The van der Waals surface area contributed by atoms with E-state index in [0.29, 0.717) is 5.56 Å². The maximum Gasteiger partial charge on any atom is 0.187 e. The minimum atomic E-state index is -1.24. The third-order valence-corrected chi connectivity index (χ3v) is 3.78. The van der Waals surface area contributed by atoms with Crippen LogP contribution < -0.4 is 4.90 Å². The lowest BCUT2D eigenvalue weighted by Gasteiger charge is -2.29. The second-order valence-corrected chi connectivity index (χ2v) is 5.23. The number of rotatable bonds is 6. The predicted molar refractivity (Wildman–Crippen MR) is 81.7 cm³/mol. The molecule has 0 unspecified atom stereocenters. The predicted octanol–water partition coefficient (Wildman–Crippen LogP) is 0.869. The molecule has 1 aromatic carbocycles. The van der Waals surface area contributed by atoms with Gasteiger partial charge < -0.3 is 24.6 Å².